The molecular weight excluding hydrogens is 212 g/mol. The van der Waals surface area contributed by atoms with Crippen LogP contribution in [0.4, 0.5) is 0 Å². The maximum Gasteiger partial charge on any atom is 0.0576 e. The van der Waals surface area contributed by atoms with Crippen molar-refractivity contribution in [2.45, 2.75) is 51.3 Å². The van der Waals surface area contributed by atoms with Crippen molar-refractivity contribution in [3.05, 3.63) is 24.0 Å². The largest absolute Gasteiger partial charge is 0.378 e. The first kappa shape index (κ1) is 12.7. The van der Waals surface area contributed by atoms with Crippen LogP contribution in [0.1, 0.15) is 44.3 Å². The SMILES string of the molecule is CNC(C)c1cccn1CCCC1CCCO1. The molecule has 0 saturated carbocycles. The molecule has 17 heavy (non-hydrogen) atoms. The highest BCUT2D eigenvalue weighted by molar-refractivity contribution is 5.11. The second-order valence-corrected chi connectivity index (χ2v) is 4.91. The lowest BCUT2D eigenvalue weighted by Gasteiger charge is -2.15. The lowest BCUT2D eigenvalue weighted by atomic mass is 10.1. The predicted octanol–water partition coefficient (Wildman–Crippen LogP) is 2.73. The molecule has 1 fully saturated rings. The van der Waals surface area contributed by atoms with Crippen LogP contribution in [-0.2, 0) is 11.3 Å². The van der Waals surface area contributed by atoms with Crippen molar-refractivity contribution < 1.29 is 4.74 Å². The second-order valence-electron chi connectivity index (χ2n) is 4.91. The summed E-state index contributed by atoms with van der Waals surface area (Å²) in [5.74, 6) is 0. The van der Waals surface area contributed by atoms with Gasteiger partial charge < -0.3 is 14.6 Å². The van der Waals surface area contributed by atoms with E-state index in [4.69, 9.17) is 4.74 Å². The van der Waals surface area contributed by atoms with E-state index in [2.05, 4.69) is 35.1 Å². The third-order valence-electron chi connectivity index (χ3n) is 3.69. The Balaban J connectivity index is 1.79. The van der Waals surface area contributed by atoms with Crippen LogP contribution in [0.15, 0.2) is 18.3 Å². The van der Waals surface area contributed by atoms with Crippen LogP contribution < -0.4 is 5.32 Å². The maximum absolute atomic E-state index is 5.65. The third-order valence-corrected chi connectivity index (χ3v) is 3.69. The summed E-state index contributed by atoms with van der Waals surface area (Å²) in [7, 11) is 2.01. The minimum atomic E-state index is 0.424. The van der Waals surface area contributed by atoms with Gasteiger partial charge in [-0.15, -0.1) is 0 Å². The number of hydrogen-bond donors (Lipinski definition) is 1. The fraction of sp³-hybridized carbons (Fsp3) is 0.714. The van der Waals surface area contributed by atoms with Crippen LogP contribution in [-0.4, -0.2) is 24.3 Å². The molecule has 0 aromatic carbocycles. The van der Waals surface area contributed by atoms with Gasteiger partial charge in [0.1, 0.15) is 0 Å². The Labute approximate surface area is 104 Å². The molecule has 2 rings (SSSR count). The summed E-state index contributed by atoms with van der Waals surface area (Å²) in [4.78, 5) is 0. The van der Waals surface area contributed by atoms with E-state index in [1.165, 1.54) is 31.4 Å². The summed E-state index contributed by atoms with van der Waals surface area (Å²) in [6.07, 6.45) is 7.62. The molecule has 2 heterocycles. The quantitative estimate of drug-likeness (QED) is 0.822. The van der Waals surface area contributed by atoms with Crippen LogP contribution in [0.25, 0.3) is 0 Å². The molecule has 1 saturated heterocycles. The van der Waals surface area contributed by atoms with Gasteiger partial charge in [-0.05, 0) is 51.8 Å². The summed E-state index contributed by atoms with van der Waals surface area (Å²) in [6, 6.07) is 4.76. The van der Waals surface area contributed by atoms with E-state index in [-0.39, 0.29) is 0 Å². The first-order valence-corrected chi connectivity index (χ1v) is 6.75. The zero-order chi connectivity index (χ0) is 12.1. The molecule has 2 atom stereocenters. The molecular formula is C14H24N2O. The van der Waals surface area contributed by atoms with Crippen LogP contribution in [0.5, 0.6) is 0 Å². The standard InChI is InChI=1S/C14H24N2O/c1-12(15-2)14-8-4-10-16(14)9-3-6-13-7-5-11-17-13/h4,8,10,12-13,15H,3,5-7,9,11H2,1-2H3. The number of nitrogens with zero attached hydrogens (tertiary/aromatic N) is 1. The van der Waals surface area contributed by atoms with Gasteiger partial charge in [0.05, 0.1) is 6.10 Å². The summed E-state index contributed by atoms with van der Waals surface area (Å²) in [5, 5.41) is 3.29. The Hall–Kier alpha value is -0.800. The van der Waals surface area contributed by atoms with Crippen LogP contribution in [0.3, 0.4) is 0 Å². The Bertz CT molecular complexity index is 329. The number of ether oxygens (including phenoxy) is 1. The molecule has 1 aliphatic rings. The number of rotatable bonds is 6. The van der Waals surface area contributed by atoms with Crippen molar-refractivity contribution >= 4 is 0 Å². The molecule has 0 spiro atoms. The predicted molar refractivity (Wildman–Crippen MR) is 70.1 cm³/mol. The number of aromatic nitrogens is 1. The van der Waals surface area contributed by atoms with Crippen molar-refractivity contribution in [3.8, 4) is 0 Å². The normalized spacial score (nSPS) is 21.9. The Morgan fingerprint density at radius 1 is 1.59 bits per heavy atom. The molecule has 0 aliphatic carbocycles. The van der Waals surface area contributed by atoms with E-state index in [1.54, 1.807) is 0 Å². The molecule has 3 heteroatoms. The molecule has 96 valence electrons. The van der Waals surface area contributed by atoms with E-state index >= 15 is 0 Å². The Kier molecular flexibility index (Phi) is 4.63. The molecule has 1 aromatic heterocycles. The molecule has 0 radical (unpaired) electrons. The topological polar surface area (TPSA) is 26.2 Å². The molecule has 1 aliphatic heterocycles. The maximum atomic E-state index is 5.65. The van der Waals surface area contributed by atoms with E-state index in [1.807, 2.05) is 7.05 Å². The van der Waals surface area contributed by atoms with Gasteiger partial charge in [0, 0.05) is 31.1 Å². The molecule has 1 N–H and O–H groups in total. The zero-order valence-electron chi connectivity index (χ0n) is 11.0. The zero-order valence-corrected chi connectivity index (χ0v) is 11.0. The van der Waals surface area contributed by atoms with Gasteiger partial charge in [-0.2, -0.15) is 0 Å². The Morgan fingerprint density at radius 3 is 3.18 bits per heavy atom. The summed E-state index contributed by atoms with van der Waals surface area (Å²) in [6.45, 7) is 4.27. The van der Waals surface area contributed by atoms with E-state index in [0.717, 1.165) is 13.2 Å². The van der Waals surface area contributed by atoms with Crippen molar-refractivity contribution in [1.29, 1.82) is 0 Å². The van der Waals surface area contributed by atoms with Crippen molar-refractivity contribution in [2.24, 2.45) is 0 Å². The second kappa shape index (κ2) is 6.22. The monoisotopic (exact) mass is 236 g/mol. The highest BCUT2D eigenvalue weighted by Gasteiger charge is 2.15. The molecule has 1 aromatic rings. The third kappa shape index (κ3) is 3.33. The van der Waals surface area contributed by atoms with Crippen molar-refractivity contribution in [1.82, 2.24) is 9.88 Å². The van der Waals surface area contributed by atoms with Gasteiger partial charge in [-0.3, -0.25) is 0 Å². The minimum absolute atomic E-state index is 0.424. The van der Waals surface area contributed by atoms with Crippen LogP contribution in [0, 0.1) is 0 Å². The van der Waals surface area contributed by atoms with E-state index in [9.17, 15) is 0 Å². The number of aryl methyl sites for hydroxylation is 1. The average molecular weight is 236 g/mol. The fourth-order valence-electron chi connectivity index (χ4n) is 2.53. The highest BCUT2D eigenvalue weighted by atomic mass is 16.5. The van der Waals surface area contributed by atoms with Gasteiger partial charge in [-0.1, -0.05) is 0 Å². The molecule has 2 unspecified atom stereocenters. The van der Waals surface area contributed by atoms with Gasteiger partial charge >= 0.3 is 0 Å². The summed E-state index contributed by atoms with van der Waals surface area (Å²) in [5.41, 5.74) is 1.37. The minimum Gasteiger partial charge on any atom is -0.378 e. The van der Waals surface area contributed by atoms with Gasteiger partial charge in [-0.25, -0.2) is 0 Å². The molecule has 0 bridgehead atoms. The average Bonchev–Trinajstić information content (AvgIpc) is 2.99. The summed E-state index contributed by atoms with van der Waals surface area (Å²) >= 11 is 0. The van der Waals surface area contributed by atoms with Crippen LogP contribution >= 0.6 is 0 Å². The highest BCUT2D eigenvalue weighted by Crippen LogP contribution is 2.18. The van der Waals surface area contributed by atoms with Crippen LogP contribution in [0.2, 0.25) is 0 Å². The lowest BCUT2D eigenvalue weighted by molar-refractivity contribution is 0.101. The lowest BCUT2D eigenvalue weighted by Crippen LogP contribution is -2.17. The van der Waals surface area contributed by atoms with Gasteiger partial charge in [0.2, 0.25) is 0 Å². The fourth-order valence-corrected chi connectivity index (χ4v) is 2.53. The van der Waals surface area contributed by atoms with Crippen molar-refractivity contribution in [2.75, 3.05) is 13.7 Å². The molecule has 3 nitrogen and oxygen atoms in total. The first-order valence-electron chi connectivity index (χ1n) is 6.75. The number of hydrogen-bond acceptors (Lipinski definition) is 2. The number of nitrogens with one attached hydrogen (secondary N) is 1. The van der Waals surface area contributed by atoms with Gasteiger partial charge in [0.15, 0.2) is 0 Å². The first-order chi connectivity index (χ1) is 8.31. The van der Waals surface area contributed by atoms with Gasteiger partial charge in [0.25, 0.3) is 0 Å². The Morgan fingerprint density at radius 2 is 2.47 bits per heavy atom. The smallest absolute Gasteiger partial charge is 0.0576 e. The van der Waals surface area contributed by atoms with Crippen molar-refractivity contribution in [3.63, 3.8) is 0 Å². The van der Waals surface area contributed by atoms with E-state index in [0.29, 0.717) is 12.1 Å². The molecule has 0 amide bonds. The summed E-state index contributed by atoms with van der Waals surface area (Å²) < 4.78 is 8.01. The van der Waals surface area contributed by atoms with E-state index < -0.39 is 0 Å².